The first-order chi connectivity index (χ1) is 33.5. The Balaban J connectivity index is 4.47. The molecule has 0 aromatic heterocycles. The Kier molecular flexibility index (Phi) is 52.4. The van der Waals surface area contributed by atoms with E-state index in [1.807, 2.05) is 0 Å². The molecule has 386 valence electrons. The molecule has 0 aliphatic rings. The molecular formula is C62H102O6. The van der Waals surface area contributed by atoms with Gasteiger partial charge < -0.3 is 14.2 Å². The third-order valence-electron chi connectivity index (χ3n) is 11.5. The maximum absolute atomic E-state index is 12.8. The fourth-order valence-electron chi connectivity index (χ4n) is 7.40. The van der Waals surface area contributed by atoms with Gasteiger partial charge >= 0.3 is 17.9 Å². The molecule has 0 fully saturated rings. The molecule has 0 aromatic carbocycles. The van der Waals surface area contributed by atoms with Gasteiger partial charge in [-0.05, 0) is 103 Å². The second-order valence-corrected chi connectivity index (χ2v) is 18.1. The molecule has 0 heterocycles. The Morgan fingerprint density at radius 1 is 0.309 bits per heavy atom. The molecule has 0 spiro atoms. The van der Waals surface area contributed by atoms with Gasteiger partial charge in [-0.15, -0.1) is 0 Å². The quantitative estimate of drug-likeness (QED) is 0.0262. The van der Waals surface area contributed by atoms with E-state index in [1.54, 1.807) is 0 Å². The van der Waals surface area contributed by atoms with E-state index in [1.165, 1.54) is 83.5 Å². The average Bonchev–Trinajstić information content (AvgIpc) is 3.34. The molecular weight excluding hydrogens is 841 g/mol. The van der Waals surface area contributed by atoms with Crippen molar-refractivity contribution in [3.05, 3.63) is 109 Å². The highest BCUT2D eigenvalue weighted by molar-refractivity contribution is 5.71. The zero-order chi connectivity index (χ0) is 49.3. The molecule has 1 atom stereocenters. The summed E-state index contributed by atoms with van der Waals surface area (Å²) in [5.41, 5.74) is 0. The number of rotatable bonds is 49. The van der Waals surface area contributed by atoms with Crippen LogP contribution in [0.3, 0.4) is 0 Å². The molecule has 0 aromatic rings. The average molecular weight is 943 g/mol. The Labute approximate surface area is 419 Å². The highest BCUT2D eigenvalue weighted by atomic mass is 16.6. The third-order valence-corrected chi connectivity index (χ3v) is 11.5. The minimum atomic E-state index is -0.802. The van der Waals surface area contributed by atoms with Crippen LogP contribution in [0, 0.1) is 0 Å². The maximum atomic E-state index is 12.8. The van der Waals surface area contributed by atoms with E-state index in [0.717, 1.165) is 122 Å². The van der Waals surface area contributed by atoms with Crippen molar-refractivity contribution in [3.8, 4) is 0 Å². The highest BCUT2D eigenvalue weighted by Crippen LogP contribution is 2.15. The molecule has 0 saturated carbocycles. The summed E-state index contributed by atoms with van der Waals surface area (Å²) in [6, 6.07) is 0. The predicted octanol–water partition coefficient (Wildman–Crippen LogP) is 18.7. The summed E-state index contributed by atoms with van der Waals surface area (Å²) >= 11 is 0. The molecule has 0 saturated heterocycles. The largest absolute Gasteiger partial charge is 0.462 e. The lowest BCUT2D eigenvalue weighted by atomic mass is 10.0. The van der Waals surface area contributed by atoms with Crippen LogP contribution < -0.4 is 0 Å². The van der Waals surface area contributed by atoms with Gasteiger partial charge in [-0.2, -0.15) is 0 Å². The fraction of sp³-hybridized carbons (Fsp3) is 0.661. The smallest absolute Gasteiger partial charge is 0.306 e. The van der Waals surface area contributed by atoms with E-state index in [2.05, 4.69) is 130 Å². The lowest BCUT2D eigenvalue weighted by Crippen LogP contribution is -2.30. The summed E-state index contributed by atoms with van der Waals surface area (Å²) in [6.45, 7) is 6.37. The van der Waals surface area contributed by atoms with Crippen LogP contribution in [0.1, 0.15) is 245 Å². The van der Waals surface area contributed by atoms with Gasteiger partial charge in [0.15, 0.2) is 6.10 Å². The van der Waals surface area contributed by atoms with Crippen molar-refractivity contribution < 1.29 is 28.6 Å². The van der Waals surface area contributed by atoms with Crippen molar-refractivity contribution >= 4 is 17.9 Å². The van der Waals surface area contributed by atoms with Crippen LogP contribution in [0.25, 0.3) is 0 Å². The third kappa shape index (κ3) is 53.0. The number of carbonyl (C=O) groups excluding carboxylic acids is 3. The van der Waals surface area contributed by atoms with Crippen LogP contribution in [0.5, 0.6) is 0 Å². The number of unbranched alkanes of at least 4 members (excludes halogenated alkanes) is 20. The van der Waals surface area contributed by atoms with Gasteiger partial charge in [-0.25, -0.2) is 0 Å². The second kappa shape index (κ2) is 55.7. The van der Waals surface area contributed by atoms with Gasteiger partial charge in [0, 0.05) is 19.3 Å². The molecule has 0 amide bonds. The van der Waals surface area contributed by atoms with Crippen LogP contribution >= 0.6 is 0 Å². The van der Waals surface area contributed by atoms with Gasteiger partial charge in [-0.3, -0.25) is 14.4 Å². The first-order valence-electron chi connectivity index (χ1n) is 27.9. The highest BCUT2D eigenvalue weighted by Gasteiger charge is 2.19. The first kappa shape index (κ1) is 64.1. The Bertz CT molecular complexity index is 1410. The SMILES string of the molecule is CC/C=C\C/C=C\C/C=C\C/C=C\C/C=C\C/C=C\CCCCC(=O)OCC(COC(=O)CCCCCCCCCCCCCC)OC(=O)CCCCCCCCC/C=C\C/C=C\C/C=C\CC. The number of esters is 3. The zero-order valence-corrected chi connectivity index (χ0v) is 44.1. The van der Waals surface area contributed by atoms with E-state index in [4.69, 9.17) is 14.2 Å². The zero-order valence-electron chi connectivity index (χ0n) is 44.1. The van der Waals surface area contributed by atoms with Crippen molar-refractivity contribution in [1.82, 2.24) is 0 Å². The van der Waals surface area contributed by atoms with Gasteiger partial charge in [0.2, 0.25) is 0 Å². The number of ether oxygens (including phenoxy) is 3. The molecule has 0 rings (SSSR count). The van der Waals surface area contributed by atoms with Crippen molar-refractivity contribution in [1.29, 1.82) is 0 Å². The van der Waals surface area contributed by atoms with Crippen molar-refractivity contribution in [2.75, 3.05) is 13.2 Å². The number of allylic oxidation sites excluding steroid dienone is 18. The van der Waals surface area contributed by atoms with Gasteiger partial charge in [0.1, 0.15) is 13.2 Å². The summed E-state index contributed by atoms with van der Waals surface area (Å²) in [4.78, 5) is 38.1. The van der Waals surface area contributed by atoms with Crippen LogP contribution in [0.2, 0.25) is 0 Å². The molecule has 0 radical (unpaired) electrons. The Morgan fingerprint density at radius 2 is 0.574 bits per heavy atom. The number of carbonyl (C=O) groups is 3. The molecule has 1 unspecified atom stereocenters. The van der Waals surface area contributed by atoms with Gasteiger partial charge in [0.25, 0.3) is 0 Å². The van der Waals surface area contributed by atoms with Gasteiger partial charge in [0.05, 0.1) is 0 Å². The normalized spacial score (nSPS) is 12.9. The Hall–Kier alpha value is -3.93. The number of hydrogen-bond acceptors (Lipinski definition) is 6. The molecule has 68 heavy (non-hydrogen) atoms. The summed E-state index contributed by atoms with van der Waals surface area (Å²) < 4.78 is 16.8. The standard InChI is InChI=1S/C62H102O6/c1-4-7-10-13-16-19-22-25-27-29-30-31-32-34-35-37-40-43-46-49-52-55-61(64)67-58-59(57-66-60(63)54-51-48-45-42-39-24-21-18-15-12-9-6-3)68-62(65)56-53-50-47-44-41-38-36-33-28-26-23-20-17-14-11-8-5-2/h7-8,10-11,16-17,19-20,25-28,30-31,34-35,40,43,59H,4-6,9,12-15,18,21-24,29,32-33,36-39,41-42,44-58H2,1-3H3/b10-7-,11-8-,19-16-,20-17-,27-25-,28-26-,31-30-,35-34-,43-40-. The van der Waals surface area contributed by atoms with Crippen LogP contribution in [-0.2, 0) is 28.6 Å². The van der Waals surface area contributed by atoms with Crippen molar-refractivity contribution in [2.24, 2.45) is 0 Å². The fourth-order valence-corrected chi connectivity index (χ4v) is 7.40. The van der Waals surface area contributed by atoms with Crippen LogP contribution in [-0.4, -0.2) is 37.2 Å². The minimum Gasteiger partial charge on any atom is -0.462 e. The summed E-state index contributed by atoms with van der Waals surface area (Å²) in [5.74, 6) is -0.952. The van der Waals surface area contributed by atoms with Crippen molar-refractivity contribution in [3.63, 3.8) is 0 Å². The minimum absolute atomic E-state index is 0.0959. The summed E-state index contributed by atoms with van der Waals surface area (Å²) in [5, 5.41) is 0. The van der Waals surface area contributed by atoms with E-state index < -0.39 is 6.10 Å². The molecule has 0 bridgehead atoms. The van der Waals surface area contributed by atoms with Crippen LogP contribution in [0.4, 0.5) is 0 Å². The lowest BCUT2D eigenvalue weighted by molar-refractivity contribution is -0.167. The summed E-state index contributed by atoms with van der Waals surface area (Å²) in [7, 11) is 0. The van der Waals surface area contributed by atoms with E-state index in [-0.39, 0.29) is 31.1 Å². The molecule has 0 aliphatic heterocycles. The first-order valence-corrected chi connectivity index (χ1v) is 27.9. The van der Waals surface area contributed by atoms with E-state index >= 15 is 0 Å². The molecule has 0 N–H and O–H groups in total. The number of hydrogen-bond donors (Lipinski definition) is 0. The second-order valence-electron chi connectivity index (χ2n) is 18.1. The lowest BCUT2D eigenvalue weighted by Gasteiger charge is -2.18. The van der Waals surface area contributed by atoms with E-state index in [0.29, 0.717) is 19.3 Å². The van der Waals surface area contributed by atoms with Crippen LogP contribution in [0.15, 0.2) is 109 Å². The Morgan fingerprint density at radius 3 is 0.926 bits per heavy atom. The summed E-state index contributed by atoms with van der Waals surface area (Å²) in [6.07, 6.45) is 75.0. The molecule has 6 heteroatoms. The monoisotopic (exact) mass is 943 g/mol. The molecule has 0 aliphatic carbocycles. The van der Waals surface area contributed by atoms with E-state index in [9.17, 15) is 14.4 Å². The molecule has 6 nitrogen and oxygen atoms in total. The van der Waals surface area contributed by atoms with Crippen molar-refractivity contribution in [2.45, 2.75) is 252 Å². The topological polar surface area (TPSA) is 78.9 Å². The maximum Gasteiger partial charge on any atom is 0.306 e. The van der Waals surface area contributed by atoms with Gasteiger partial charge in [-0.1, -0.05) is 233 Å². The predicted molar refractivity (Wildman–Crippen MR) is 293 cm³/mol.